The number of aromatic nitrogens is 1. The van der Waals surface area contributed by atoms with Crippen molar-refractivity contribution in [1.29, 1.82) is 5.26 Å². The van der Waals surface area contributed by atoms with E-state index in [0.717, 1.165) is 4.57 Å². The topological polar surface area (TPSA) is 134 Å². The molecule has 1 N–H and O–H groups in total. The van der Waals surface area contributed by atoms with Crippen molar-refractivity contribution in [2.45, 2.75) is 33.7 Å². The Hall–Kier alpha value is -3.54. The quantitative estimate of drug-likeness (QED) is 0.495. The third-order valence-electron chi connectivity index (χ3n) is 3.87. The standard InChI is InChI=1S/C17H17N5O4/c1-4-7-21-16(23)13(9-18)11(3)15(17(21)24)20-19-14-6-5-12(22(25)26)8-10(14)2/h5-6,8,23H,4,7H2,1-3H3. The number of azo groups is 1. The molecule has 0 spiro atoms. The zero-order valence-corrected chi connectivity index (χ0v) is 14.6. The van der Waals surface area contributed by atoms with Gasteiger partial charge in [-0.15, -0.1) is 5.11 Å². The molecule has 9 nitrogen and oxygen atoms in total. The first kappa shape index (κ1) is 18.8. The van der Waals surface area contributed by atoms with Crippen LogP contribution in [0, 0.1) is 35.3 Å². The molecule has 0 aliphatic carbocycles. The van der Waals surface area contributed by atoms with Gasteiger partial charge in [-0.2, -0.15) is 10.4 Å². The van der Waals surface area contributed by atoms with Gasteiger partial charge < -0.3 is 5.11 Å². The van der Waals surface area contributed by atoms with E-state index in [4.69, 9.17) is 0 Å². The molecule has 0 aliphatic heterocycles. The number of hydrogen-bond acceptors (Lipinski definition) is 7. The molecular formula is C17H17N5O4. The zero-order chi connectivity index (χ0) is 19.4. The fourth-order valence-electron chi connectivity index (χ4n) is 2.46. The van der Waals surface area contributed by atoms with Gasteiger partial charge in [0.25, 0.3) is 11.2 Å². The fraction of sp³-hybridized carbons (Fsp3) is 0.294. The highest BCUT2D eigenvalue weighted by Crippen LogP contribution is 2.29. The summed E-state index contributed by atoms with van der Waals surface area (Å²) in [4.78, 5) is 22.8. The van der Waals surface area contributed by atoms with Crippen molar-refractivity contribution < 1.29 is 10.0 Å². The highest BCUT2D eigenvalue weighted by Gasteiger charge is 2.18. The van der Waals surface area contributed by atoms with E-state index in [9.17, 15) is 25.3 Å². The Kier molecular flexibility index (Phi) is 5.47. The summed E-state index contributed by atoms with van der Waals surface area (Å²) in [5, 5.41) is 38.1. The van der Waals surface area contributed by atoms with Crippen LogP contribution < -0.4 is 5.56 Å². The maximum Gasteiger partial charge on any atom is 0.281 e. The summed E-state index contributed by atoms with van der Waals surface area (Å²) < 4.78 is 1.09. The molecule has 2 aromatic rings. The van der Waals surface area contributed by atoms with E-state index < -0.39 is 10.5 Å². The minimum Gasteiger partial charge on any atom is -0.493 e. The van der Waals surface area contributed by atoms with E-state index in [1.165, 1.54) is 25.1 Å². The first-order valence-corrected chi connectivity index (χ1v) is 7.85. The summed E-state index contributed by atoms with van der Waals surface area (Å²) in [6, 6.07) is 5.95. The van der Waals surface area contributed by atoms with Gasteiger partial charge in [-0.05, 0) is 31.9 Å². The maximum absolute atomic E-state index is 12.6. The van der Waals surface area contributed by atoms with Crippen LogP contribution in [0.5, 0.6) is 5.88 Å². The molecule has 0 fully saturated rings. The maximum atomic E-state index is 12.6. The van der Waals surface area contributed by atoms with Crippen LogP contribution >= 0.6 is 0 Å². The molecule has 1 heterocycles. The molecule has 2 rings (SSSR count). The SMILES string of the molecule is CCCn1c(O)c(C#N)c(C)c(N=Nc2ccc([N+](=O)[O-])cc2C)c1=O. The molecular weight excluding hydrogens is 338 g/mol. The van der Waals surface area contributed by atoms with E-state index in [0.29, 0.717) is 17.7 Å². The van der Waals surface area contributed by atoms with Gasteiger partial charge in [0.1, 0.15) is 11.6 Å². The van der Waals surface area contributed by atoms with Crippen molar-refractivity contribution in [3.8, 4) is 11.9 Å². The van der Waals surface area contributed by atoms with Crippen LogP contribution in [-0.4, -0.2) is 14.6 Å². The second-order valence-corrected chi connectivity index (χ2v) is 5.67. The van der Waals surface area contributed by atoms with E-state index in [2.05, 4.69) is 10.2 Å². The lowest BCUT2D eigenvalue weighted by Gasteiger charge is -2.11. The Balaban J connectivity index is 2.58. The smallest absolute Gasteiger partial charge is 0.281 e. The summed E-state index contributed by atoms with van der Waals surface area (Å²) in [6.07, 6.45) is 0.583. The van der Waals surface area contributed by atoms with Gasteiger partial charge in [-0.25, -0.2) is 0 Å². The van der Waals surface area contributed by atoms with Gasteiger partial charge in [0.2, 0.25) is 5.88 Å². The number of nitro groups is 1. The van der Waals surface area contributed by atoms with E-state index >= 15 is 0 Å². The number of nitriles is 1. The summed E-state index contributed by atoms with van der Waals surface area (Å²) >= 11 is 0. The Morgan fingerprint density at radius 2 is 2.04 bits per heavy atom. The van der Waals surface area contributed by atoms with Crippen LogP contribution in [0.1, 0.15) is 30.0 Å². The largest absolute Gasteiger partial charge is 0.493 e. The lowest BCUT2D eigenvalue weighted by Crippen LogP contribution is -2.21. The first-order valence-electron chi connectivity index (χ1n) is 7.85. The third-order valence-corrected chi connectivity index (χ3v) is 3.87. The Labute approximate surface area is 149 Å². The van der Waals surface area contributed by atoms with Gasteiger partial charge in [0.05, 0.1) is 10.6 Å². The molecule has 9 heteroatoms. The highest BCUT2D eigenvalue weighted by atomic mass is 16.6. The monoisotopic (exact) mass is 355 g/mol. The second-order valence-electron chi connectivity index (χ2n) is 5.67. The average molecular weight is 355 g/mol. The van der Waals surface area contributed by atoms with Gasteiger partial charge in [-0.3, -0.25) is 19.5 Å². The summed E-state index contributed by atoms with van der Waals surface area (Å²) in [6.45, 7) is 5.21. The van der Waals surface area contributed by atoms with Crippen LogP contribution in [0.4, 0.5) is 17.1 Å². The molecule has 0 unspecified atom stereocenters. The lowest BCUT2D eigenvalue weighted by atomic mass is 10.1. The number of nitrogens with zero attached hydrogens (tertiary/aromatic N) is 5. The molecule has 0 saturated carbocycles. The third kappa shape index (κ3) is 3.44. The van der Waals surface area contributed by atoms with E-state index in [1.54, 1.807) is 6.92 Å². The number of aryl methyl sites for hydroxylation is 1. The van der Waals surface area contributed by atoms with Crippen molar-refractivity contribution in [1.82, 2.24) is 4.57 Å². The van der Waals surface area contributed by atoms with E-state index in [1.807, 2.05) is 13.0 Å². The molecule has 0 amide bonds. The number of rotatable bonds is 5. The lowest BCUT2D eigenvalue weighted by molar-refractivity contribution is -0.384. The van der Waals surface area contributed by atoms with Gasteiger partial charge in [-0.1, -0.05) is 6.92 Å². The van der Waals surface area contributed by atoms with Crippen LogP contribution in [0.15, 0.2) is 33.2 Å². The fourth-order valence-corrected chi connectivity index (χ4v) is 2.46. The summed E-state index contributed by atoms with van der Waals surface area (Å²) in [5.41, 5.74) is 0.406. The van der Waals surface area contributed by atoms with Gasteiger partial charge >= 0.3 is 0 Å². The second kappa shape index (κ2) is 7.57. The molecule has 0 bridgehead atoms. The minimum atomic E-state index is -0.552. The molecule has 0 aliphatic rings. The van der Waals surface area contributed by atoms with Crippen LogP contribution in [-0.2, 0) is 6.54 Å². The van der Waals surface area contributed by atoms with Crippen molar-refractivity contribution in [3.63, 3.8) is 0 Å². The Morgan fingerprint density at radius 1 is 1.35 bits per heavy atom. The number of non-ortho nitro benzene ring substituents is 1. The molecule has 26 heavy (non-hydrogen) atoms. The molecule has 0 radical (unpaired) electrons. The van der Waals surface area contributed by atoms with E-state index in [-0.39, 0.29) is 34.9 Å². The summed E-state index contributed by atoms with van der Waals surface area (Å²) in [7, 11) is 0. The van der Waals surface area contributed by atoms with Crippen LogP contribution in [0.3, 0.4) is 0 Å². The number of nitro benzene ring substituents is 1. The predicted octanol–water partition coefficient (Wildman–Crippen LogP) is 3.78. The van der Waals surface area contributed by atoms with Crippen molar-refractivity contribution in [3.05, 3.63) is 55.4 Å². The molecule has 0 atom stereocenters. The number of hydrogen-bond donors (Lipinski definition) is 1. The first-order chi connectivity index (χ1) is 12.3. The summed E-state index contributed by atoms with van der Waals surface area (Å²) in [5.74, 6) is -0.387. The number of pyridine rings is 1. The van der Waals surface area contributed by atoms with Crippen molar-refractivity contribution in [2.24, 2.45) is 10.2 Å². The van der Waals surface area contributed by atoms with Crippen molar-refractivity contribution in [2.75, 3.05) is 0 Å². The Morgan fingerprint density at radius 3 is 2.58 bits per heavy atom. The molecule has 134 valence electrons. The molecule has 1 aromatic heterocycles. The van der Waals surface area contributed by atoms with Crippen LogP contribution in [0.2, 0.25) is 0 Å². The van der Waals surface area contributed by atoms with Gasteiger partial charge in [0, 0.05) is 24.2 Å². The molecule has 1 aromatic carbocycles. The minimum absolute atomic E-state index is 0.0348. The molecule has 0 saturated heterocycles. The highest BCUT2D eigenvalue weighted by molar-refractivity contribution is 5.57. The Bertz CT molecular complexity index is 1000. The van der Waals surface area contributed by atoms with Crippen LogP contribution in [0.25, 0.3) is 0 Å². The van der Waals surface area contributed by atoms with Gasteiger partial charge in [0.15, 0.2) is 5.69 Å². The zero-order valence-electron chi connectivity index (χ0n) is 14.6. The van der Waals surface area contributed by atoms with Crippen molar-refractivity contribution >= 4 is 17.1 Å². The average Bonchev–Trinajstić information content (AvgIpc) is 2.60. The predicted molar refractivity (Wildman–Crippen MR) is 94.1 cm³/mol. The number of aromatic hydroxyl groups is 1. The normalized spacial score (nSPS) is 10.8. The number of benzene rings is 1.